The number of halogens is 1. The molecule has 4 heteroatoms. The van der Waals surface area contributed by atoms with Gasteiger partial charge in [0.1, 0.15) is 5.01 Å². The first-order chi connectivity index (χ1) is 9.63. The second-order valence-corrected chi connectivity index (χ2v) is 7.62. The van der Waals surface area contributed by atoms with Gasteiger partial charge in [-0.1, -0.05) is 28.1 Å². The third-order valence-electron chi connectivity index (χ3n) is 3.54. The third-order valence-corrected chi connectivity index (χ3v) is 5.26. The molecule has 1 aromatic carbocycles. The summed E-state index contributed by atoms with van der Waals surface area (Å²) in [6, 6.07) is 9.15. The van der Waals surface area contributed by atoms with Crippen LogP contribution in [0.15, 0.2) is 28.7 Å². The zero-order valence-electron chi connectivity index (χ0n) is 11.8. The van der Waals surface area contributed by atoms with Crippen molar-refractivity contribution in [2.45, 2.75) is 45.2 Å². The molecule has 0 amide bonds. The minimum Gasteiger partial charge on any atom is -0.302 e. The number of nitrogens with one attached hydrogen (secondary N) is 1. The summed E-state index contributed by atoms with van der Waals surface area (Å²) in [6.07, 6.45) is 3.63. The molecule has 1 atom stereocenters. The Hall–Kier alpha value is -0.710. The maximum atomic E-state index is 4.89. The standard InChI is InChI=1S/C16H19BrN2S/c1-10(2)18-15(11-5-3-6-12(17)9-11)16-19-13-7-4-8-14(13)20-16/h3,5-6,9-10,15,18H,4,7-8H2,1-2H3. The number of fused-ring (bicyclic) bond motifs is 1. The van der Waals surface area contributed by atoms with Gasteiger partial charge in [-0.3, -0.25) is 0 Å². The number of aryl methyl sites for hydroxylation is 2. The molecule has 1 unspecified atom stereocenters. The molecule has 0 saturated heterocycles. The average Bonchev–Trinajstić information content (AvgIpc) is 2.96. The number of hydrogen-bond donors (Lipinski definition) is 1. The highest BCUT2D eigenvalue weighted by atomic mass is 79.9. The van der Waals surface area contributed by atoms with E-state index in [1.54, 1.807) is 0 Å². The molecule has 106 valence electrons. The molecule has 0 fully saturated rings. The lowest BCUT2D eigenvalue weighted by Gasteiger charge is -2.20. The smallest absolute Gasteiger partial charge is 0.115 e. The van der Waals surface area contributed by atoms with Crippen LogP contribution in [-0.4, -0.2) is 11.0 Å². The Balaban J connectivity index is 1.96. The van der Waals surface area contributed by atoms with Gasteiger partial charge in [-0.25, -0.2) is 4.98 Å². The van der Waals surface area contributed by atoms with Gasteiger partial charge in [0.25, 0.3) is 0 Å². The lowest BCUT2D eigenvalue weighted by Crippen LogP contribution is -2.29. The first-order valence-electron chi connectivity index (χ1n) is 7.13. The summed E-state index contributed by atoms with van der Waals surface area (Å²) in [5.74, 6) is 0. The molecule has 0 spiro atoms. The molecule has 1 heterocycles. The van der Waals surface area contributed by atoms with Crippen molar-refractivity contribution in [1.29, 1.82) is 0 Å². The summed E-state index contributed by atoms with van der Waals surface area (Å²) in [6.45, 7) is 4.37. The van der Waals surface area contributed by atoms with Crippen LogP contribution in [0.25, 0.3) is 0 Å². The number of hydrogen-bond acceptors (Lipinski definition) is 3. The molecule has 20 heavy (non-hydrogen) atoms. The van der Waals surface area contributed by atoms with Gasteiger partial charge in [0.15, 0.2) is 0 Å². The van der Waals surface area contributed by atoms with Crippen molar-refractivity contribution in [3.05, 3.63) is 49.9 Å². The van der Waals surface area contributed by atoms with Gasteiger partial charge in [-0.2, -0.15) is 0 Å². The van der Waals surface area contributed by atoms with Crippen LogP contribution in [0.1, 0.15) is 47.5 Å². The molecule has 0 bridgehead atoms. The molecule has 1 aliphatic carbocycles. The fraction of sp³-hybridized carbons (Fsp3) is 0.438. The first kappa shape index (κ1) is 14.2. The Morgan fingerprint density at radius 2 is 2.15 bits per heavy atom. The van der Waals surface area contributed by atoms with E-state index >= 15 is 0 Å². The van der Waals surface area contributed by atoms with Crippen molar-refractivity contribution in [1.82, 2.24) is 10.3 Å². The van der Waals surface area contributed by atoms with E-state index in [9.17, 15) is 0 Å². The summed E-state index contributed by atoms with van der Waals surface area (Å²) >= 11 is 5.45. The van der Waals surface area contributed by atoms with Gasteiger partial charge in [0.2, 0.25) is 0 Å². The third kappa shape index (κ3) is 2.97. The molecule has 1 aliphatic rings. The zero-order chi connectivity index (χ0) is 14.1. The maximum Gasteiger partial charge on any atom is 0.115 e. The Bertz CT molecular complexity index is 585. The largest absolute Gasteiger partial charge is 0.302 e. The van der Waals surface area contributed by atoms with E-state index in [1.807, 2.05) is 11.3 Å². The van der Waals surface area contributed by atoms with Gasteiger partial charge in [-0.05, 0) is 50.8 Å². The van der Waals surface area contributed by atoms with Crippen molar-refractivity contribution in [3.63, 3.8) is 0 Å². The van der Waals surface area contributed by atoms with Gasteiger partial charge < -0.3 is 5.32 Å². The topological polar surface area (TPSA) is 24.9 Å². The molecule has 2 nitrogen and oxygen atoms in total. The summed E-state index contributed by atoms with van der Waals surface area (Å²) in [4.78, 5) is 6.38. The Morgan fingerprint density at radius 3 is 2.85 bits per heavy atom. The van der Waals surface area contributed by atoms with Gasteiger partial charge >= 0.3 is 0 Å². The van der Waals surface area contributed by atoms with Crippen molar-refractivity contribution >= 4 is 27.3 Å². The lowest BCUT2D eigenvalue weighted by atomic mass is 10.1. The summed E-state index contributed by atoms with van der Waals surface area (Å²) < 4.78 is 1.12. The van der Waals surface area contributed by atoms with Crippen LogP contribution in [0.4, 0.5) is 0 Å². The quantitative estimate of drug-likeness (QED) is 0.878. The fourth-order valence-corrected chi connectivity index (χ4v) is 4.32. The van der Waals surface area contributed by atoms with E-state index in [0.29, 0.717) is 6.04 Å². The maximum absolute atomic E-state index is 4.89. The minimum atomic E-state index is 0.197. The number of aromatic nitrogens is 1. The van der Waals surface area contributed by atoms with Crippen LogP contribution in [0.5, 0.6) is 0 Å². The normalized spacial score (nSPS) is 15.6. The van der Waals surface area contributed by atoms with E-state index in [1.165, 1.54) is 34.0 Å². The van der Waals surface area contributed by atoms with E-state index in [2.05, 4.69) is 59.4 Å². The van der Waals surface area contributed by atoms with Crippen LogP contribution in [-0.2, 0) is 12.8 Å². The van der Waals surface area contributed by atoms with Crippen LogP contribution in [0.2, 0.25) is 0 Å². The Labute approximate surface area is 132 Å². The second kappa shape index (κ2) is 5.96. The summed E-state index contributed by atoms with van der Waals surface area (Å²) in [5.41, 5.74) is 2.61. The second-order valence-electron chi connectivity index (χ2n) is 5.58. The van der Waals surface area contributed by atoms with E-state index in [-0.39, 0.29) is 6.04 Å². The average molecular weight is 351 g/mol. The predicted molar refractivity (Wildman–Crippen MR) is 88.4 cm³/mol. The number of nitrogens with zero attached hydrogens (tertiary/aromatic N) is 1. The van der Waals surface area contributed by atoms with Gasteiger partial charge in [0.05, 0.1) is 11.7 Å². The predicted octanol–water partition coefficient (Wildman–Crippen LogP) is 4.48. The van der Waals surface area contributed by atoms with E-state index in [4.69, 9.17) is 4.98 Å². The molecule has 0 saturated carbocycles. The molecular weight excluding hydrogens is 332 g/mol. The highest BCUT2D eigenvalue weighted by molar-refractivity contribution is 9.10. The molecule has 0 aliphatic heterocycles. The monoisotopic (exact) mass is 350 g/mol. The Kier molecular flexibility index (Phi) is 4.24. The highest BCUT2D eigenvalue weighted by Crippen LogP contribution is 2.34. The van der Waals surface area contributed by atoms with Crippen molar-refractivity contribution < 1.29 is 0 Å². The molecule has 0 radical (unpaired) electrons. The highest BCUT2D eigenvalue weighted by Gasteiger charge is 2.23. The lowest BCUT2D eigenvalue weighted by molar-refractivity contribution is 0.526. The minimum absolute atomic E-state index is 0.197. The van der Waals surface area contributed by atoms with Crippen LogP contribution >= 0.6 is 27.3 Å². The van der Waals surface area contributed by atoms with E-state index < -0.39 is 0 Å². The summed E-state index contributed by atoms with van der Waals surface area (Å²) in [7, 11) is 0. The number of benzene rings is 1. The first-order valence-corrected chi connectivity index (χ1v) is 8.74. The zero-order valence-corrected chi connectivity index (χ0v) is 14.2. The molecular formula is C16H19BrN2S. The molecule has 1 N–H and O–H groups in total. The van der Waals surface area contributed by atoms with Gasteiger partial charge in [-0.15, -0.1) is 11.3 Å². The molecule has 3 rings (SSSR count). The van der Waals surface area contributed by atoms with Crippen LogP contribution in [0, 0.1) is 0 Å². The molecule has 2 aromatic rings. The SMILES string of the molecule is CC(C)NC(c1cccc(Br)c1)c1nc2c(s1)CCC2. The van der Waals surface area contributed by atoms with E-state index in [0.717, 1.165) is 10.9 Å². The number of thiazole rings is 1. The van der Waals surface area contributed by atoms with Crippen molar-refractivity contribution in [3.8, 4) is 0 Å². The Morgan fingerprint density at radius 1 is 1.30 bits per heavy atom. The van der Waals surface area contributed by atoms with Crippen LogP contribution in [0.3, 0.4) is 0 Å². The summed E-state index contributed by atoms with van der Waals surface area (Å²) in [5, 5.41) is 4.87. The fourth-order valence-electron chi connectivity index (χ4n) is 2.66. The van der Waals surface area contributed by atoms with Gasteiger partial charge in [0, 0.05) is 15.4 Å². The van der Waals surface area contributed by atoms with Crippen molar-refractivity contribution in [2.75, 3.05) is 0 Å². The van der Waals surface area contributed by atoms with Crippen molar-refractivity contribution in [2.24, 2.45) is 0 Å². The molecule has 1 aromatic heterocycles. The van der Waals surface area contributed by atoms with Crippen LogP contribution < -0.4 is 5.32 Å². The number of rotatable bonds is 4.